The molecule has 1 aromatic rings. The number of rotatable bonds is 3. The molecule has 1 amide bonds. The van der Waals surface area contributed by atoms with Crippen molar-refractivity contribution in [1.82, 2.24) is 20.4 Å². The van der Waals surface area contributed by atoms with Crippen LogP contribution in [0.1, 0.15) is 62.6 Å². The number of fused-ring (bicyclic) bond motifs is 2. The van der Waals surface area contributed by atoms with Gasteiger partial charge in [0, 0.05) is 31.0 Å². The third-order valence-corrected chi connectivity index (χ3v) is 5.07. The summed E-state index contributed by atoms with van der Waals surface area (Å²) < 4.78 is 5.40. The van der Waals surface area contributed by atoms with Gasteiger partial charge in [-0.3, -0.25) is 4.79 Å². The highest BCUT2D eigenvalue weighted by Gasteiger charge is 2.34. The summed E-state index contributed by atoms with van der Waals surface area (Å²) in [4.78, 5) is 18.7. The van der Waals surface area contributed by atoms with Gasteiger partial charge in [-0.1, -0.05) is 18.0 Å². The number of nitrogens with one attached hydrogen (secondary N) is 1. The Labute approximate surface area is 136 Å². The van der Waals surface area contributed by atoms with Crippen LogP contribution < -0.4 is 5.32 Å². The number of likely N-dealkylation sites (tertiary alicyclic amines) is 1. The minimum Gasteiger partial charge on any atom is -0.339 e. The molecule has 7 heteroatoms. The number of halogens is 1. The van der Waals surface area contributed by atoms with E-state index in [1.54, 1.807) is 0 Å². The molecule has 2 aliphatic heterocycles. The highest BCUT2D eigenvalue weighted by molar-refractivity contribution is 5.85. The first-order chi connectivity index (χ1) is 10.3. The van der Waals surface area contributed by atoms with E-state index in [4.69, 9.17) is 4.52 Å². The minimum atomic E-state index is 0. The average Bonchev–Trinajstić information content (AvgIpc) is 3.16. The number of amides is 1. The predicted octanol–water partition coefficient (Wildman–Crippen LogP) is 2.00. The SMILES string of the molecule is Cl.O=C1C[C@H]2CC[C@@H](CN1Cc1noc(C3CCCC3)n1)N2. The first-order valence-electron chi connectivity index (χ1n) is 8.14. The molecule has 2 saturated heterocycles. The molecule has 0 aromatic carbocycles. The van der Waals surface area contributed by atoms with Gasteiger partial charge in [-0.25, -0.2) is 0 Å². The van der Waals surface area contributed by atoms with Crippen molar-refractivity contribution in [2.75, 3.05) is 6.54 Å². The van der Waals surface area contributed by atoms with Gasteiger partial charge in [0.05, 0.1) is 6.54 Å². The molecule has 2 atom stereocenters. The minimum absolute atomic E-state index is 0. The lowest BCUT2D eigenvalue weighted by Gasteiger charge is -2.22. The van der Waals surface area contributed by atoms with Crippen molar-refractivity contribution < 1.29 is 9.32 Å². The number of carbonyl (C=O) groups excluding carboxylic acids is 1. The van der Waals surface area contributed by atoms with Crippen molar-refractivity contribution in [2.45, 2.75) is 69.5 Å². The fraction of sp³-hybridized carbons (Fsp3) is 0.800. The molecule has 0 radical (unpaired) electrons. The van der Waals surface area contributed by atoms with E-state index in [0.717, 1.165) is 38.1 Å². The van der Waals surface area contributed by atoms with Gasteiger partial charge in [-0.15, -0.1) is 12.4 Å². The van der Waals surface area contributed by atoms with Gasteiger partial charge in [-0.2, -0.15) is 4.98 Å². The van der Waals surface area contributed by atoms with Gasteiger partial charge >= 0.3 is 0 Å². The Kier molecular flexibility index (Phi) is 4.68. The number of hydrogen-bond acceptors (Lipinski definition) is 5. The van der Waals surface area contributed by atoms with E-state index in [2.05, 4.69) is 15.5 Å². The van der Waals surface area contributed by atoms with Gasteiger partial charge < -0.3 is 14.7 Å². The molecule has 2 bridgehead atoms. The molecule has 1 saturated carbocycles. The molecule has 3 heterocycles. The molecule has 6 nitrogen and oxygen atoms in total. The van der Waals surface area contributed by atoms with Gasteiger partial charge in [0.2, 0.25) is 11.8 Å². The Balaban J connectivity index is 0.00000144. The standard InChI is InChI=1S/C15H22N4O2.ClH/c20-14-7-11-5-6-12(16-11)8-19(14)9-13-17-15(21-18-13)10-3-1-2-4-10;/h10-12,16H,1-9H2;1H/t11-,12+;/m1./s1. The van der Waals surface area contributed by atoms with Crippen LogP contribution in [-0.4, -0.2) is 39.6 Å². The molecule has 1 aromatic heterocycles. The lowest BCUT2D eigenvalue weighted by Crippen LogP contribution is -2.37. The van der Waals surface area contributed by atoms with Crippen molar-refractivity contribution in [3.8, 4) is 0 Å². The number of nitrogens with zero attached hydrogens (tertiary/aromatic N) is 3. The summed E-state index contributed by atoms with van der Waals surface area (Å²) >= 11 is 0. The van der Waals surface area contributed by atoms with E-state index in [1.807, 2.05) is 4.90 Å². The van der Waals surface area contributed by atoms with E-state index in [-0.39, 0.29) is 18.3 Å². The van der Waals surface area contributed by atoms with Crippen LogP contribution in [0.2, 0.25) is 0 Å². The quantitative estimate of drug-likeness (QED) is 0.920. The number of carbonyl (C=O) groups is 1. The highest BCUT2D eigenvalue weighted by Crippen LogP contribution is 2.33. The molecule has 3 fully saturated rings. The first kappa shape index (κ1) is 15.7. The maximum Gasteiger partial charge on any atom is 0.229 e. The molecule has 122 valence electrons. The Morgan fingerprint density at radius 2 is 1.95 bits per heavy atom. The van der Waals surface area contributed by atoms with Gasteiger partial charge in [-0.05, 0) is 25.7 Å². The Bertz CT molecular complexity index is 529. The van der Waals surface area contributed by atoms with Gasteiger partial charge in [0.15, 0.2) is 5.82 Å². The van der Waals surface area contributed by atoms with Crippen molar-refractivity contribution in [1.29, 1.82) is 0 Å². The lowest BCUT2D eigenvalue weighted by atomic mass is 10.1. The topological polar surface area (TPSA) is 71.3 Å². The van der Waals surface area contributed by atoms with Crippen molar-refractivity contribution >= 4 is 18.3 Å². The second kappa shape index (κ2) is 6.54. The summed E-state index contributed by atoms with van der Waals surface area (Å²) in [5.41, 5.74) is 0. The Morgan fingerprint density at radius 1 is 1.18 bits per heavy atom. The van der Waals surface area contributed by atoms with E-state index < -0.39 is 0 Å². The van der Waals surface area contributed by atoms with Crippen LogP contribution in [0.4, 0.5) is 0 Å². The monoisotopic (exact) mass is 326 g/mol. The highest BCUT2D eigenvalue weighted by atomic mass is 35.5. The molecular weight excluding hydrogens is 304 g/mol. The molecule has 3 aliphatic rings. The van der Waals surface area contributed by atoms with Crippen LogP contribution in [0.5, 0.6) is 0 Å². The van der Waals surface area contributed by atoms with Crippen LogP contribution in [0.3, 0.4) is 0 Å². The van der Waals surface area contributed by atoms with Crippen molar-refractivity contribution in [2.24, 2.45) is 0 Å². The number of aromatic nitrogens is 2. The summed E-state index contributed by atoms with van der Waals surface area (Å²) in [6.45, 7) is 1.25. The maximum atomic E-state index is 12.3. The third kappa shape index (κ3) is 3.13. The molecule has 22 heavy (non-hydrogen) atoms. The molecule has 1 aliphatic carbocycles. The molecule has 0 unspecified atom stereocenters. The Morgan fingerprint density at radius 3 is 2.77 bits per heavy atom. The van der Waals surface area contributed by atoms with Crippen molar-refractivity contribution in [3.63, 3.8) is 0 Å². The van der Waals surface area contributed by atoms with Crippen LogP contribution in [0, 0.1) is 0 Å². The normalized spacial score (nSPS) is 28.7. The molecule has 1 N–H and O–H groups in total. The fourth-order valence-electron chi connectivity index (χ4n) is 3.91. The Hall–Kier alpha value is -1.14. The van der Waals surface area contributed by atoms with Crippen LogP contribution in [-0.2, 0) is 11.3 Å². The fourth-order valence-corrected chi connectivity index (χ4v) is 3.91. The zero-order chi connectivity index (χ0) is 14.2. The zero-order valence-electron chi connectivity index (χ0n) is 12.7. The summed E-state index contributed by atoms with van der Waals surface area (Å²) in [6.07, 6.45) is 7.69. The number of hydrogen-bond donors (Lipinski definition) is 1. The summed E-state index contributed by atoms with van der Waals surface area (Å²) in [5.74, 6) is 2.07. The smallest absolute Gasteiger partial charge is 0.229 e. The van der Waals surface area contributed by atoms with E-state index in [9.17, 15) is 4.79 Å². The second-order valence-electron chi connectivity index (χ2n) is 6.65. The van der Waals surface area contributed by atoms with Crippen molar-refractivity contribution in [3.05, 3.63) is 11.7 Å². The van der Waals surface area contributed by atoms with Gasteiger partial charge in [0.25, 0.3) is 0 Å². The summed E-state index contributed by atoms with van der Waals surface area (Å²) in [7, 11) is 0. The van der Waals surface area contributed by atoms with Crippen LogP contribution in [0.25, 0.3) is 0 Å². The molecule has 0 spiro atoms. The molecular formula is C15H23ClN4O2. The predicted molar refractivity (Wildman–Crippen MR) is 82.7 cm³/mol. The lowest BCUT2D eigenvalue weighted by molar-refractivity contribution is -0.132. The third-order valence-electron chi connectivity index (χ3n) is 5.07. The van der Waals surface area contributed by atoms with Crippen LogP contribution >= 0.6 is 12.4 Å². The van der Waals surface area contributed by atoms with E-state index in [1.165, 1.54) is 12.8 Å². The maximum absolute atomic E-state index is 12.3. The van der Waals surface area contributed by atoms with E-state index >= 15 is 0 Å². The van der Waals surface area contributed by atoms with Crippen LogP contribution in [0.15, 0.2) is 4.52 Å². The van der Waals surface area contributed by atoms with Gasteiger partial charge in [0.1, 0.15) is 0 Å². The summed E-state index contributed by atoms with van der Waals surface area (Å²) in [6, 6.07) is 0.800. The zero-order valence-corrected chi connectivity index (χ0v) is 13.5. The largest absolute Gasteiger partial charge is 0.339 e. The molecule has 4 rings (SSSR count). The first-order valence-corrected chi connectivity index (χ1v) is 8.14. The van der Waals surface area contributed by atoms with E-state index in [0.29, 0.717) is 36.8 Å². The average molecular weight is 327 g/mol. The summed E-state index contributed by atoms with van der Waals surface area (Å²) in [5, 5.41) is 7.60. The second-order valence-corrected chi connectivity index (χ2v) is 6.65.